The van der Waals surface area contributed by atoms with Crippen LogP contribution in [0.15, 0.2) is 83.7 Å². The highest BCUT2D eigenvalue weighted by atomic mass is 35.5. The third-order valence-electron chi connectivity index (χ3n) is 6.15. The molecule has 10 heteroatoms. The zero-order valence-electron chi connectivity index (χ0n) is 21.5. The van der Waals surface area contributed by atoms with Gasteiger partial charge < -0.3 is 21.7 Å². The molecule has 0 aliphatic carbocycles. The summed E-state index contributed by atoms with van der Waals surface area (Å²) in [5, 5.41) is 16.6. The van der Waals surface area contributed by atoms with Gasteiger partial charge in [-0.15, -0.1) is 0 Å². The fraction of sp³-hybridized carbons (Fsp3) is 0.172. The van der Waals surface area contributed by atoms with E-state index in [0.29, 0.717) is 29.8 Å². The van der Waals surface area contributed by atoms with Crippen molar-refractivity contribution in [1.29, 1.82) is 5.41 Å². The predicted octanol–water partition coefficient (Wildman–Crippen LogP) is 3.86. The van der Waals surface area contributed by atoms with Crippen LogP contribution in [0, 0.1) is 5.41 Å². The number of amides is 1. The maximum absolute atomic E-state index is 13.6. The Morgan fingerprint density at radius 2 is 1.77 bits per heavy atom. The van der Waals surface area contributed by atoms with Crippen LogP contribution in [-0.2, 0) is 24.3 Å². The SMILES string of the molecule is CNc1cccc(-c2c(Cl)nc(NCCc3ccccc3)c(=O)n2CC(=O)NCc2ccc(C(=N)N)cc2)c1. The number of anilines is 2. The summed E-state index contributed by atoms with van der Waals surface area (Å²) in [6.07, 6.45) is 0.689. The number of nitrogens with zero attached hydrogens (tertiary/aromatic N) is 2. The van der Waals surface area contributed by atoms with Gasteiger partial charge in [0.2, 0.25) is 5.91 Å². The van der Waals surface area contributed by atoms with Crippen LogP contribution in [0.25, 0.3) is 11.3 Å². The summed E-state index contributed by atoms with van der Waals surface area (Å²) in [5.41, 5.74) is 9.44. The van der Waals surface area contributed by atoms with Crippen LogP contribution in [0.5, 0.6) is 0 Å². The molecule has 0 saturated carbocycles. The first-order valence-corrected chi connectivity index (χ1v) is 12.8. The molecule has 9 nitrogen and oxygen atoms in total. The van der Waals surface area contributed by atoms with E-state index in [1.165, 1.54) is 4.57 Å². The summed E-state index contributed by atoms with van der Waals surface area (Å²) in [4.78, 5) is 31.0. The Bertz CT molecular complexity index is 1520. The molecule has 0 saturated heterocycles. The third kappa shape index (κ3) is 7.03. The van der Waals surface area contributed by atoms with Crippen molar-refractivity contribution in [2.75, 3.05) is 24.2 Å². The second kappa shape index (κ2) is 12.7. The van der Waals surface area contributed by atoms with Crippen molar-refractivity contribution in [3.05, 3.63) is 111 Å². The van der Waals surface area contributed by atoms with Gasteiger partial charge in [-0.05, 0) is 29.7 Å². The van der Waals surface area contributed by atoms with Crippen LogP contribution in [0.3, 0.4) is 0 Å². The molecule has 0 unspecified atom stereocenters. The van der Waals surface area contributed by atoms with Gasteiger partial charge in [0.1, 0.15) is 12.4 Å². The topological polar surface area (TPSA) is 138 Å². The van der Waals surface area contributed by atoms with E-state index in [1.54, 1.807) is 31.3 Å². The monoisotopic (exact) mass is 543 g/mol. The Balaban J connectivity index is 1.59. The summed E-state index contributed by atoms with van der Waals surface area (Å²) >= 11 is 6.64. The van der Waals surface area contributed by atoms with Crippen molar-refractivity contribution in [3.8, 4) is 11.3 Å². The number of nitrogens with one attached hydrogen (secondary N) is 4. The van der Waals surface area contributed by atoms with Crippen molar-refractivity contribution in [2.24, 2.45) is 5.73 Å². The molecule has 39 heavy (non-hydrogen) atoms. The lowest BCUT2D eigenvalue weighted by molar-refractivity contribution is -0.121. The second-order valence-corrected chi connectivity index (χ2v) is 9.23. The van der Waals surface area contributed by atoms with Crippen LogP contribution in [0.4, 0.5) is 11.5 Å². The average Bonchev–Trinajstić information content (AvgIpc) is 2.95. The molecule has 1 aromatic heterocycles. The highest BCUT2D eigenvalue weighted by Crippen LogP contribution is 2.28. The summed E-state index contributed by atoms with van der Waals surface area (Å²) in [5.74, 6) is -0.309. The molecule has 3 aromatic carbocycles. The molecule has 1 amide bonds. The smallest absolute Gasteiger partial charge is 0.294 e. The van der Waals surface area contributed by atoms with E-state index in [4.69, 9.17) is 22.7 Å². The maximum Gasteiger partial charge on any atom is 0.294 e. The number of benzene rings is 3. The Morgan fingerprint density at radius 3 is 2.46 bits per heavy atom. The number of aromatic nitrogens is 2. The van der Waals surface area contributed by atoms with Crippen molar-refractivity contribution in [3.63, 3.8) is 0 Å². The van der Waals surface area contributed by atoms with Gasteiger partial charge in [0, 0.05) is 37.0 Å². The zero-order chi connectivity index (χ0) is 27.8. The molecule has 4 rings (SSSR count). The van der Waals surface area contributed by atoms with Crippen LogP contribution in [0.2, 0.25) is 5.15 Å². The van der Waals surface area contributed by atoms with E-state index in [-0.39, 0.29) is 35.8 Å². The number of hydrogen-bond acceptors (Lipinski definition) is 6. The number of nitrogens with two attached hydrogens (primary N) is 1. The number of amidine groups is 1. The van der Waals surface area contributed by atoms with Gasteiger partial charge in [0.15, 0.2) is 11.0 Å². The maximum atomic E-state index is 13.6. The molecule has 0 bridgehead atoms. The highest BCUT2D eigenvalue weighted by Gasteiger charge is 2.19. The highest BCUT2D eigenvalue weighted by molar-refractivity contribution is 6.32. The minimum atomic E-state index is -0.446. The number of nitrogen functional groups attached to an aromatic ring is 1. The summed E-state index contributed by atoms with van der Waals surface area (Å²) in [6, 6.07) is 24.3. The van der Waals surface area contributed by atoms with E-state index in [9.17, 15) is 9.59 Å². The lowest BCUT2D eigenvalue weighted by atomic mass is 10.1. The van der Waals surface area contributed by atoms with E-state index in [0.717, 1.165) is 16.8 Å². The molecule has 0 aliphatic rings. The molecule has 6 N–H and O–H groups in total. The van der Waals surface area contributed by atoms with Crippen molar-refractivity contribution >= 4 is 34.8 Å². The number of carbonyl (C=O) groups is 1. The quantitative estimate of drug-likeness (QED) is 0.144. The Morgan fingerprint density at radius 1 is 1.03 bits per heavy atom. The van der Waals surface area contributed by atoms with E-state index in [2.05, 4.69) is 20.9 Å². The van der Waals surface area contributed by atoms with Gasteiger partial charge >= 0.3 is 0 Å². The zero-order valence-corrected chi connectivity index (χ0v) is 22.3. The molecule has 1 heterocycles. The molecule has 0 radical (unpaired) electrons. The van der Waals surface area contributed by atoms with Gasteiger partial charge in [-0.2, -0.15) is 0 Å². The van der Waals surface area contributed by atoms with Crippen LogP contribution in [0.1, 0.15) is 16.7 Å². The molecular weight excluding hydrogens is 514 g/mol. The van der Waals surface area contributed by atoms with E-state index >= 15 is 0 Å². The van der Waals surface area contributed by atoms with Crippen molar-refractivity contribution in [1.82, 2.24) is 14.9 Å². The first-order chi connectivity index (χ1) is 18.9. The van der Waals surface area contributed by atoms with Crippen LogP contribution >= 0.6 is 11.6 Å². The molecule has 0 atom stereocenters. The third-order valence-corrected chi connectivity index (χ3v) is 6.42. The summed E-state index contributed by atoms with van der Waals surface area (Å²) in [6.45, 7) is 0.468. The standard InChI is InChI=1S/C29H30ClN7O2/c1-33-23-9-5-8-22(16-23)25-26(30)36-28(34-15-14-19-6-3-2-4-7-19)29(39)37(25)18-24(38)35-17-20-10-12-21(13-11-20)27(31)32/h2-13,16,33H,14-15,17-18H2,1H3,(H3,31,32)(H,34,36)(H,35,38). The predicted molar refractivity (Wildman–Crippen MR) is 156 cm³/mol. The van der Waals surface area contributed by atoms with Crippen molar-refractivity contribution in [2.45, 2.75) is 19.5 Å². The van der Waals surface area contributed by atoms with Gasteiger partial charge in [-0.3, -0.25) is 19.6 Å². The molecule has 0 spiro atoms. The Hall–Kier alpha value is -4.63. The number of carbonyl (C=O) groups excluding carboxylic acids is 1. The van der Waals surface area contributed by atoms with E-state index in [1.807, 2.05) is 54.6 Å². The first kappa shape index (κ1) is 27.4. The van der Waals surface area contributed by atoms with E-state index < -0.39 is 5.56 Å². The molecule has 0 fully saturated rings. The van der Waals surface area contributed by atoms with Gasteiger partial charge in [0.25, 0.3) is 5.56 Å². The molecule has 200 valence electrons. The van der Waals surface area contributed by atoms with Gasteiger partial charge in [-0.25, -0.2) is 4.98 Å². The lowest BCUT2D eigenvalue weighted by Gasteiger charge is -2.17. The fourth-order valence-electron chi connectivity index (χ4n) is 4.07. The lowest BCUT2D eigenvalue weighted by Crippen LogP contribution is -2.34. The number of hydrogen-bond donors (Lipinski definition) is 5. The summed E-state index contributed by atoms with van der Waals surface area (Å²) < 4.78 is 1.35. The Kier molecular flexibility index (Phi) is 8.96. The first-order valence-electron chi connectivity index (χ1n) is 12.4. The molecule has 4 aromatic rings. The normalized spacial score (nSPS) is 10.6. The average molecular weight is 544 g/mol. The fourth-order valence-corrected chi connectivity index (χ4v) is 4.37. The van der Waals surface area contributed by atoms with Crippen molar-refractivity contribution < 1.29 is 4.79 Å². The minimum Gasteiger partial charge on any atom is -0.388 e. The molecule has 0 aliphatic heterocycles. The second-order valence-electron chi connectivity index (χ2n) is 8.87. The van der Waals surface area contributed by atoms with Gasteiger partial charge in [0.05, 0.1) is 5.69 Å². The van der Waals surface area contributed by atoms with Crippen LogP contribution < -0.4 is 27.2 Å². The summed E-state index contributed by atoms with van der Waals surface area (Å²) in [7, 11) is 1.79. The number of rotatable bonds is 11. The van der Waals surface area contributed by atoms with Gasteiger partial charge in [-0.1, -0.05) is 78.3 Å². The van der Waals surface area contributed by atoms with Crippen LogP contribution in [-0.4, -0.2) is 34.9 Å². The Labute approximate surface area is 231 Å². The molecular formula is C29H30ClN7O2. The minimum absolute atomic E-state index is 0.0254. The largest absolute Gasteiger partial charge is 0.388 e. The number of halogens is 1.